The minimum Gasteiger partial charge on any atom is -0.390 e. The van der Waals surface area contributed by atoms with Crippen LogP contribution in [0, 0.1) is 5.41 Å². The smallest absolute Gasteiger partial charge is 0.273 e. The van der Waals surface area contributed by atoms with Crippen molar-refractivity contribution >= 4 is 5.91 Å². The predicted octanol–water partition coefficient (Wildman–Crippen LogP) is 2.34. The molecule has 2 fully saturated rings. The van der Waals surface area contributed by atoms with Gasteiger partial charge < -0.3 is 15.1 Å². The van der Waals surface area contributed by atoms with Crippen LogP contribution in [-0.2, 0) is 0 Å². The van der Waals surface area contributed by atoms with Gasteiger partial charge in [0.1, 0.15) is 12.0 Å². The predicted molar refractivity (Wildman–Crippen MR) is 99.8 cm³/mol. The summed E-state index contributed by atoms with van der Waals surface area (Å²) in [5, 5.41) is 21.3. The number of aromatic nitrogens is 2. The van der Waals surface area contributed by atoms with Gasteiger partial charge in [0, 0.05) is 17.7 Å². The Morgan fingerprint density at radius 3 is 2.67 bits per heavy atom. The quantitative estimate of drug-likeness (QED) is 0.851. The minimum atomic E-state index is -0.862. The highest BCUT2D eigenvalue weighted by Crippen LogP contribution is 2.53. The van der Waals surface area contributed by atoms with Gasteiger partial charge in [-0.05, 0) is 37.3 Å². The van der Waals surface area contributed by atoms with Crippen LogP contribution in [0.1, 0.15) is 54.7 Å². The summed E-state index contributed by atoms with van der Waals surface area (Å²) in [5.41, 5.74) is 0.824. The number of aliphatic hydroxyl groups is 2. The number of rotatable bonds is 2. The van der Waals surface area contributed by atoms with Gasteiger partial charge in [0.15, 0.2) is 0 Å². The van der Waals surface area contributed by atoms with Crippen molar-refractivity contribution in [1.82, 2.24) is 14.9 Å². The molecule has 0 radical (unpaired) electrons. The van der Waals surface area contributed by atoms with Crippen molar-refractivity contribution in [3.8, 4) is 0 Å². The normalized spacial score (nSPS) is 33.4. The van der Waals surface area contributed by atoms with Gasteiger partial charge in [-0.3, -0.25) is 4.79 Å². The van der Waals surface area contributed by atoms with E-state index in [-0.39, 0.29) is 18.0 Å². The van der Waals surface area contributed by atoms with E-state index >= 15 is 0 Å². The molecule has 1 aliphatic heterocycles. The van der Waals surface area contributed by atoms with Gasteiger partial charge in [0.25, 0.3) is 5.91 Å². The molecule has 1 saturated heterocycles. The lowest BCUT2D eigenvalue weighted by Gasteiger charge is -2.38. The third-order valence-corrected chi connectivity index (χ3v) is 6.30. The van der Waals surface area contributed by atoms with E-state index in [0.29, 0.717) is 18.5 Å². The number of amides is 1. The molecule has 0 bridgehead atoms. The van der Waals surface area contributed by atoms with Crippen molar-refractivity contribution in [2.75, 3.05) is 0 Å². The van der Waals surface area contributed by atoms with Gasteiger partial charge in [0.05, 0.1) is 18.2 Å². The van der Waals surface area contributed by atoms with Crippen molar-refractivity contribution in [3.05, 3.63) is 60.2 Å². The van der Waals surface area contributed by atoms with Crippen LogP contribution < -0.4 is 0 Å². The fourth-order valence-electron chi connectivity index (χ4n) is 4.88. The average molecular weight is 367 g/mol. The molecule has 142 valence electrons. The second kappa shape index (κ2) is 7.02. The van der Waals surface area contributed by atoms with E-state index in [1.807, 2.05) is 42.2 Å². The third kappa shape index (κ3) is 3.03. The zero-order valence-corrected chi connectivity index (χ0v) is 15.4. The van der Waals surface area contributed by atoms with Crippen molar-refractivity contribution in [3.63, 3.8) is 0 Å². The Hall–Kier alpha value is -2.31. The molecule has 2 aromatic rings. The zero-order valence-electron chi connectivity index (χ0n) is 15.4. The van der Waals surface area contributed by atoms with Gasteiger partial charge in [-0.25, -0.2) is 9.97 Å². The second-order valence-electron chi connectivity index (χ2n) is 7.90. The van der Waals surface area contributed by atoms with Crippen molar-refractivity contribution in [1.29, 1.82) is 0 Å². The summed E-state index contributed by atoms with van der Waals surface area (Å²) in [6.45, 7) is 2.00. The summed E-state index contributed by atoms with van der Waals surface area (Å²) < 4.78 is 0. The topological polar surface area (TPSA) is 86.6 Å². The van der Waals surface area contributed by atoms with Gasteiger partial charge in [0.2, 0.25) is 0 Å². The first kappa shape index (κ1) is 18.1. The lowest BCUT2D eigenvalue weighted by Crippen LogP contribution is -2.49. The number of aliphatic hydroxyl groups excluding tert-OH is 2. The van der Waals surface area contributed by atoms with Crippen LogP contribution in [0.2, 0.25) is 0 Å². The fourth-order valence-corrected chi connectivity index (χ4v) is 4.88. The van der Waals surface area contributed by atoms with E-state index in [0.717, 1.165) is 18.4 Å². The van der Waals surface area contributed by atoms with E-state index < -0.39 is 17.6 Å². The standard InChI is InChI=1S/C21H25N3O3/c1-21-12-16(14-6-3-2-4-7-14)24(20(27)15-10-11-22-13-23-15)18(21)9-5-8-17(25)19(21)26/h2-4,6-7,10-11,13,16-19,25-26H,5,8-9,12H2,1H3/t16-,17-,18-,19+,21-/m1/s1. The number of hydrogen-bond acceptors (Lipinski definition) is 5. The van der Waals surface area contributed by atoms with Crippen LogP contribution in [-0.4, -0.2) is 49.2 Å². The molecule has 2 N–H and O–H groups in total. The largest absolute Gasteiger partial charge is 0.390 e. The van der Waals surface area contributed by atoms with E-state index in [1.54, 1.807) is 12.3 Å². The van der Waals surface area contributed by atoms with Crippen LogP contribution in [0.15, 0.2) is 48.9 Å². The maximum atomic E-state index is 13.4. The maximum Gasteiger partial charge on any atom is 0.273 e. The molecular weight excluding hydrogens is 342 g/mol. The lowest BCUT2D eigenvalue weighted by molar-refractivity contribution is -0.0613. The van der Waals surface area contributed by atoms with Gasteiger partial charge in [-0.15, -0.1) is 0 Å². The molecule has 27 heavy (non-hydrogen) atoms. The van der Waals surface area contributed by atoms with Crippen molar-refractivity contribution in [2.24, 2.45) is 5.41 Å². The van der Waals surface area contributed by atoms with Crippen molar-refractivity contribution in [2.45, 2.75) is 56.9 Å². The van der Waals surface area contributed by atoms with E-state index in [4.69, 9.17) is 0 Å². The number of fused-ring (bicyclic) bond motifs is 1. The molecule has 0 unspecified atom stereocenters. The van der Waals surface area contributed by atoms with Crippen molar-refractivity contribution < 1.29 is 15.0 Å². The summed E-state index contributed by atoms with van der Waals surface area (Å²) in [4.78, 5) is 23.4. The molecule has 2 heterocycles. The maximum absolute atomic E-state index is 13.4. The van der Waals surface area contributed by atoms with Gasteiger partial charge in [-0.2, -0.15) is 0 Å². The Labute approximate surface area is 158 Å². The Balaban J connectivity index is 1.79. The monoisotopic (exact) mass is 367 g/mol. The summed E-state index contributed by atoms with van der Waals surface area (Å²) in [5.74, 6) is -0.149. The Morgan fingerprint density at radius 1 is 1.19 bits per heavy atom. The number of nitrogens with zero attached hydrogens (tertiary/aromatic N) is 3. The Bertz CT molecular complexity index is 801. The molecule has 1 aromatic heterocycles. The number of benzene rings is 1. The molecule has 4 rings (SSSR count). The molecule has 1 aliphatic carbocycles. The molecular formula is C21H25N3O3. The molecule has 5 atom stereocenters. The van der Waals surface area contributed by atoms with Gasteiger partial charge in [-0.1, -0.05) is 37.3 Å². The Morgan fingerprint density at radius 2 is 1.96 bits per heavy atom. The molecule has 6 heteroatoms. The van der Waals surface area contributed by atoms with E-state index in [1.165, 1.54) is 6.33 Å². The summed E-state index contributed by atoms with van der Waals surface area (Å²) >= 11 is 0. The third-order valence-electron chi connectivity index (χ3n) is 6.30. The fraction of sp³-hybridized carbons (Fsp3) is 0.476. The molecule has 1 amide bonds. The minimum absolute atomic E-state index is 0.149. The average Bonchev–Trinajstić information content (AvgIpc) is 2.96. The Kier molecular flexibility index (Phi) is 4.70. The zero-order chi connectivity index (χ0) is 19.0. The van der Waals surface area contributed by atoms with Gasteiger partial charge >= 0.3 is 0 Å². The molecule has 1 aromatic carbocycles. The van der Waals surface area contributed by atoms with Crippen LogP contribution in [0.4, 0.5) is 0 Å². The SMILES string of the molecule is C[C@@]12C[C@H](c3ccccc3)N(C(=O)c3ccncn3)[C@@H]1CCC[C@@H](O)[C@@H]2O. The molecule has 0 spiro atoms. The number of likely N-dealkylation sites (tertiary alicyclic amines) is 1. The lowest BCUT2D eigenvalue weighted by atomic mass is 9.74. The summed E-state index contributed by atoms with van der Waals surface area (Å²) in [6, 6.07) is 11.2. The number of carbonyl (C=O) groups excluding carboxylic acids is 1. The molecule has 2 aliphatic rings. The van der Waals surface area contributed by atoms with Crippen LogP contribution >= 0.6 is 0 Å². The first-order valence-corrected chi connectivity index (χ1v) is 9.52. The van der Waals surface area contributed by atoms with Crippen LogP contribution in [0.25, 0.3) is 0 Å². The number of hydrogen-bond donors (Lipinski definition) is 2. The highest BCUT2D eigenvalue weighted by Gasteiger charge is 2.57. The summed E-state index contributed by atoms with van der Waals surface area (Å²) in [7, 11) is 0. The highest BCUT2D eigenvalue weighted by atomic mass is 16.3. The molecule has 1 saturated carbocycles. The highest BCUT2D eigenvalue weighted by molar-refractivity contribution is 5.93. The van der Waals surface area contributed by atoms with E-state index in [9.17, 15) is 15.0 Å². The summed E-state index contributed by atoms with van der Waals surface area (Å²) in [6.07, 6.45) is 4.02. The van der Waals surface area contributed by atoms with E-state index in [2.05, 4.69) is 9.97 Å². The first-order valence-electron chi connectivity index (χ1n) is 9.52. The van der Waals surface area contributed by atoms with Crippen LogP contribution in [0.5, 0.6) is 0 Å². The first-order chi connectivity index (χ1) is 13.0. The second-order valence-corrected chi connectivity index (χ2v) is 7.90. The molecule has 6 nitrogen and oxygen atoms in total. The number of carbonyl (C=O) groups is 1. The van der Waals surface area contributed by atoms with Crippen LogP contribution in [0.3, 0.4) is 0 Å².